The summed E-state index contributed by atoms with van der Waals surface area (Å²) < 4.78 is 2.14. The van der Waals surface area contributed by atoms with E-state index in [1.165, 1.54) is 5.56 Å². The third-order valence-electron chi connectivity index (χ3n) is 5.19. The van der Waals surface area contributed by atoms with Crippen molar-refractivity contribution < 1.29 is 5.11 Å². The van der Waals surface area contributed by atoms with Crippen molar-refractivity contribution in [2.75, 3.05) is 0 Å². The van der Waals surface area contributed by atoms with Crippen LogP contribution in [0.4, 0.5) is 0 Å². The van der Waals surface area contributed by atoms with Crippen LogP contribution in [0, 0.1) is 13.8 Å². The van der Waals surface area contributed by atoms with Gasteiger partial charge in [0.05, 0.1) is 22.4 Å². The first-order valence-corrected chi connectivity index (χ1v) is 10.2. The number of aliphatic hydroxyl groups is 1. The predicted molar refractivity (Wildman–Crippen MR) is 117 cm³/mol. The van der Waals surface area contributed by atoms with E-state index in [1.807, 2.05) is 34.7 Å². The lowest BCUT2D eigenvalue weighted by Gasteiger charge is -2.20. The van der Waals surface area contributed by atoms with Gasteiger partial charge in [0.25, 0.3) is 0 Å². The zero-order chi connectivity index (χ0) is 20.2. The van der Waals surface area contributed by atoms with Crippen molar-refractivity contribution in [2.24, 2.45) is 0 Å². The molecule has 7 heteroatoms. The van der Waals surface area contributed by atoms with Crippen LogP contribution in [-0.2, 0) is 6.54 Å². The van der Waals surface area contributed by atoms with Gasteiger partial charge in [-0.15, -0.1) is 0 Å². The smallest absolute Gasteiger partial charge is 0.221 e. The number of aryl methyl sites for hydroxylation is 3. The van der Waals surface area contributed by atoms with Gasteiger partial charge in [-0.2, -0.15) is 0 Å². The Morgan fingerprint density at radius 2 is 1.64 bits per heavy atom. The fourth-order valence-corrected chi connectivity index (χ4v) is 3.97. The second-order valence-electron chi connectivity index (χ2n) is 6.96. The van der Waals surface area contributed by atoms with Crippen LogP contribution in [0.2, 0.25) is 0 Å². The minimum atomic E-state index is -1.89. The van der Waals surface area contributed by atoms with Crippen LogP contribution in [0.25, 0.3) is 28.1 Å². The van der Waals surface area contributed by atoms with Crippen molar-refractivity contribution in [3.05, 3.63) is 59.3 Å². The highest BCUT2D eigenvalue weighted by molar-refractivity contribution is 6.68. The monoisotopic (exact) mass is 435 g/mol. The maximum Gasteiger partial charge on any atom is 0.221 e. The summed E-state index contributed by atoms with van der Waals surface area (Å²) in [4.78, 5) is 4.87. The topological polar surface area (TPSA) is 42.5 Å². The van der Waals surface area contributed by atoms with Gasteiger partial charge in [-0.05, 0) is 44.0 Å². The molecule has 0 saturated carbocycles. The number of hydrogen-bond acceptors (Lipinski definition) is 2. The molecule has 1 N–H and O–H groups in total. The maximum atomic E-state index is 11.0. The summed E-state index contributed by atoms with van der Waals surface area (Å²) in [6.07, 6.45) is -1.35. The highest BCUT2D eigenvalue weighted by Gasteiger charge is 2.38. The minimum Gasteiger partial charge on any atom is -0.382 e. The number of imidazole rings is 2. The minimum absolute atomic E-state index is 0.474. The van der Waals surface area contributed by atoms with Crippen molar-refractivity contribution in [2.45, 2.75) is 37.2 Å². The van der Waals surface area contributed by atoms with E-state index in [-0.39, 0.29) is 0 Å². The van der Waals surface area contributed by atoms with Crippen molar-refractivity contribution in [1.29, 1.82) is 0 Å². The Hall–Kier alpha value is -1.72. The fraction of sp³-hybridized carbons (Fsp3) is 0.286. The van der Waals surface area contributed by atoms with Gasteiger partial charge < -0.3 is 9.67 Å². The summed E-state index contributed by atoms with van der Waals surface area (Å²) in [5, 5.41) is 11.0. The first kappa shape index (κ1) is 19.6. The molecule has 0 aliphatic rings. The Morgan fingerprint density at radius 3 is 2.21 bits per heavy atom. The number of rotatable bonds is 3. The molecule has 1 unspecified atom stereocenters. The van der Waals surface area contributed by atoms with Crippen molar-refractivity contribution in [3.63, 3.8) is 0 Å². The van der Waals surface area contributed by atoms with Gasteiger partial charge in [-0.1, -0.05) is 65.1 Å². The SMILES string of the molecule is CCn1c2cc(C)c(C)cc2n2c(C(O)C(Cl)(Cl)Cl)c(-c3ccccc3)nc12. The number of benzene rings is 2. The lowest BCUT2D eigenvalue weighted by atomic mass is 10.1. The van der Waals surface area contributed by atoms with Crippen molar-refractivity contribution in [1.82, 2.24) is 14.0 Å². The third-order valence-corrected chi connectivity index (χ3v) is 5.81. The number of alkyl halides is 3. The molecule has 0 amide bonds. The first-order valence-electron chi connectivity index (χ1n) is 9.06. The highest BCUT2D eigenvalue weighted by Crippen LogP contribution is 2.44. The lowest BCUT2D eigenvalue weighted by Crippen LogP contribution is -2.19. The maximum absolute atomic E-state index is 11.0. The van der Waals surface area contributed by atoms with Crippen LogP contribution in [0.5, 0.6) is 0 Å². The second-order valence-corrected chi connectivity index (χ2v) is 9.33. The molecule has 0 fully saturated rings. The van der Waals surface area contributed by atoms with E-state index in [1.54, 1.807) is 0 Å². The Labute approximate surface area is 178 Å². The molecular weight excluding hydrogens is 417 g/mol. The van der Waals surface area contributed by atoms with Gasteiger partial charge >= 0.3 is 0 Å². The molecular formula is C21H20Cl3N3O. The quantitative estimate of drug-likeness (QED) is 0.400. The first-order chi connectivity index (χ1) is 13.2. The molecule has 0 saturated heterocycles. The third kappa shape index (κ3) is 3.00. The standard InChI is InChI=1S/C21H20Cl3N3O/c1-4-26-15-10-12(2)13(3)11-16(15)27-18(19(28)21(22,23)24)17(25-20(26)27)14-8-6-5-7-9-14/h5-11,19,28H,4H2,1-3H3. The molecule has 28 heavy (non-hydrogen) atoms. The lowest BCUT2D eigenvalue weighted by molar-refractivity contribution is 0.177. The van der Waals surface area contributed by atoms with Crippen molar-refractivity contribution in [3.8, 4) is 11.3 Å². The fourth-order valence-electron chi connectivity index (χ4n) is 3.66. The van der Waals surface area contributed by atoms with E-state index in [2.05, 4.69) is 37.5 Å². The highest BCUT2D eigenvalue weighted by atomic mass is 35.6. The molecule has 4 nitrogen and oxygen atoms in total. The normalized spacial score (nSPS) is 13.5. The number of hydrogen-bond donors (Lipinski definition) is 1. The number of aromatic nitrogens is 3. The Morgan fingerprint density at radius 1 is 1.04 bits per heavy atom. The predicted octanol–water partition coefficient (Wildman–Crippen LogP) is 6.00. The molecule has 0 spiro atoms. The van der Waals surface area contributed by atoms with Crippen molar-refractivity contribution >= 4 is 51.6 Å². The van der Waals surface area contributed by atoms with E-state index in [0.717, 1.165) is 28.7 Å². The molecule has 2 heterocycles. The van der Waals surface area contributed by atoms with Crippen LogP contribution in [0.15, 0.2) is 42.5 Å². The van der Waals surface area contributed by atoms with Crippen LogP contribution < -0.4 is 0 Å². The molecule has 1 atom stereocenters. The van der Waals surface area contributed by atoms with E-state index in [4.69, 9.17) is 39.8 Å². The summed E-state index contributed by atoms with van der Waals surface area (Å²) >= 11 is 18.3. The average molecular weight is 437 g/mol. The van der Waals surface area contributed by atoms with E-state index in [9.17, 15) is 5.11 Å². The second kappa shape index (κ2) is 6.96. The number of fused-ring (bicyclic) bond motifs is 3. The average Bonchev–Trinajstić information content (AvgIpc) is 3.16. The van der Waals surface area contributed by atoms with Crippen LogP contribution in [-0.4, -0.2) is 22.9 Å². The molecule has 4 aromatic rings. The van der Waals surface area contributed by atoms with Gasteiger partial charge in [0, 0.05) is 12.1 Å². The number of nitrogens with zero attached hydrogens (tertiary/aromatic N) is 3. The van der Waals surface area contributed by atoms with Gasteiger partial charge in [0.2, 0.25) is 9.57 Å². The van der Waals surface area contributed by atoms with Gasteiger partial charge in [-0.25, -0.2) is 4.98 Å². The van der Waals surface area contributed by atoms with E-state index in [0.29, 0.717) is 17.2 Å². The number of halogens is 3. The summed E-state index contributed by atoms with van der Waals surface area (Å²) in [5.74, 6) is 0.713. The van der Waals surface area contributed by atoms with Gasteiger partial charge in [-0.3, -0.25) is 4.40 Å². The number of aliphatic hydroxyl groups excluding tert-OH is 1. The largest absolute Gasteiger partial charge is 0.382 e. The van der Waals surface area contributed by atoms with Gasteiger partial charge in [0.1, 0.15) is 6.10 Å². The molecule has 4 rings (SSSR count). The van der Waals surface area contributed by atoms with Crippen LogP contribution >= 0.6 is 34.8 Å². The van der Waals surface area contributed by atoms with Gasteiger partial charge in [0.15, 0.2) is 0 Å². The molecule has 0 aliphatic heterocycles. The molecule has 2 aromatic carbocycles. The zero-order valence-corrected chi connectivity index (χ0v) is 18.0. The molecule has 0 bridgehead atoms. The van der Waals surface area contributed by atoms with Crippen LogP contribution in [0.3, 0.4) is 0 Å². The van der Waals surface area contributed by atoms with Crippen LogP contribution in [0.1, 0.15) is 29.8 Å². The molecule has 0 radical (unpaired) electrons. The van der Waals surface area contributed by atoms with E-state index < -0.39 is 9.90 Å². The zero-order valence-electron chi connectivity index (χ0n) is 15.7. The summed E-state index contributed by atoms with van der Waals surface area (Å²) in [6.45, 7) is 6.93. The summed E-state index contributed by atoms with van der Waals surface area (Å²) in [5.41, 5.74) is 6.23. The molecule has 146 valence electrons. The Balaban J connectivity index is 2.18. The van der Waals surface area contributed by atoms with E-state index >= 15 is 0 Å². The Bertz CT molecular complexity index is 1170. The Kier molecular flexibility index (Phi) is 4.87. The molecule has 0 aliphatic carbocycles. The summed E-state index contributed by atoms with van der Waals surface area (Å²) in [7, 11) is 0. The molecule has 2 aromatic heterocycles. The summed E-state index contributed by atoms with van der Waals surface area (Å²) in [6, 6.07) is 13.9.